The van der Waals surface area contributed by atoms with Crippen molar-refractivity contribution in [3.05, 3.63) is 35.6 Å². The molecule has 1 saturated carbocycles. The topological polar surface area (TPSA) is 15.3 Å². The van der Waals surface area contributed by atoms with E-state index in [0.717, 1.165) is 25.6 Å². The van der Waals surface area contributed by atoms with Gasteiger partial charge in [0.05, 0.1) is 0 Å². The molecule has 21 heavy (non-hydrogen) atoms. The summed E-state index contributed by atoms with van der Waals surface area (Å²) in [6, 6.07) is 7.61. The van der Waals surface area contributed by atoms with Crippen LogP contribution in [-0.4, -0.2) is 29.6 Å². The number of hydrogen-bond acceptors (Lipinski definition) is 2. The third kappa shape index (κ3) is 3.46. The molecule has 0 aromatic heterocycles. The molecule has 0 bridgehead atoms. The van der Waals surface area contributed by atoms with Crippen molar-refractivity contribution in [3.8, 4) is 0 Å². The molecule has 1 N–H and O–H groups in total. The first-order valence-electron chi connectivity index (χ1n) is 8.34. The van der Waals surface area contributed by atoms with Gasteiger partial charge in [-0.3, -0.25) is 4.90 Å². The lowest BCUT2D eigenvalue weighted by Gasteiger charge is -2.47. The zero-order valence-corrected chi connectivity index (χ0v) is 13.2. The van der Waals surface area contributed by atoms with Crippen molar-refractivity contribution in [1.82, 2.24) is 10.2 Å². The Morgan fingerprint density at radius 3 is 2.62 bits per heavy atom. The largest absolute Gasteiger partial charge is 0.308 e. The molecule has 2 fully saturated rings. The van der Waals surface area contributed by atoms with Crippen LogP contribution in [0, 0.1) is 11.7 Å². The minimum Gasteiger partial charge on any atom is -0.308 e. The highest BCUT2D eigenvalue weighted by molar-refractivity contribution is 5.17. The van der Waals surface area contributed by atoms with Crippen LogP contribution in [0.3, 0.4) is 0 Å². The Bertz CT molecular complexity index is 469. The van der Waals surface area contributed by atoms with Crippen molar-refractivity contribution in [2.45, 2.75) is 57.7 Å². The van der Waals surface area contributed by atoms with E-state index < -0.39 is 0 Å². The van der Waals surface area contributed by atoms with Crippen molar-refractivity contribution in [1.29, 1.82) is 0 Å². The molecule has 1 saturated heterocycles. The Balaban J connectivity index is 1.71. The molecule has 1 aliphatic heterocycles. The molecule has 1 heterocycles. The average molecular weight is 290 g/mol. The van der Waals surface area contributed by atoms with E-state index in [1.54, 1.807) is 12.1 Å². The molecular formula is C18H27FN2. The number of halogens is 1. The Hall–Kier alpha value is -0.930. The summed E-state index contributed by atoms with van der Waals surface area (Å²) < 4.78 is 13.1. The van der Waals surface area contributed by atoms with Crippen molar-refractivity contribution < 1.29 is 4.39 Å². The summed E-state index contributed by atoms with van der Waals surface area (Å²) in [7, 11) is 0. The van der Waals surface area contributed by atoms with Crippen molar-refractivity contribution in [2.24, 2.45) is 5.92 Å². The number of piperazine rings is 1. The molecule has 0 spiro atoms. The standard InChI is InChI=1S/C18H27FN2/c1-3-4-17-11-20-18(2,15-7-8-15)13-21(17)12-14-5-9-16(19)10-6-14/h5-6,9-10,15,17,20H,3-4,7-8,11-13H2,1-2H3. The van der Waals surface area contributed by atoms with Gasteiger partial charge in [-0.2, -0.15) is 0 Å². The summed E-state index contributed by atoms with van der Waals surface area (Å²) in [5.41, 5.74) is 1.49. The van der Waals surface area contributed by atoms with Gasteiger partial charge in [0.1, 0.15) is 5.82 Å². The molecule has 2 nitrogen and oxygen atoms in total. The average Bonchev–Trinajstić information content (AvgIpc) is 3.30. The maximum Gasteiger partial charge on any atom is 0.123 e. The van der Waals surface area contributed by atoms with Gasteiger partial charge < -0.3 is 5.32 Å². The Morgan fingerprint density at radius 1 is 1.29 bits per heavy atom. The van der Waals surface area contributed by atoms with E-state index in [0.29, 0.717) is 6.04 Å². The van der Waals surface area contributed by atoms with Crippen molar-refractivity contribution in [2.75, 3.05) is 13.1 Å². The van der Waals surface area contributed by atoms with Crippen LogP contribution >= 0.6 is 0 Å². The van der Waals surface area contributed by atoms with Gasteiger partial charge in [0.25, 0.3) is 0 Å². The van der Waals surface area contributed by atoms with Crippen LogP contribution < -0.4 is 5.32 Å². The number of rotatable bonds is 5. The van der Waals surface area contributed by atoms with Crippen molar-refractivity contribution >= 4 is 0 Å². The lowest BCUT2D eigenvalue weighted by atomic mass is 9.89. The quantitative estimate of drug-likeness (QED) is 0.892. The van der Waals surface area contributed by atoms with Gasteiger partial charge in [0, 0.05) is 31.2 Å². The van der Waals surface area contributed by atoms with E-state index in [9.17, 15) is 4.39 Å². The lowest BCUT2D eigenvalue weighted by Crippen LogP contribution is -2.63. The lowest BCUT2D eigenvalue weighted by molar-refractivity contribution is 0.0638. The molecular weight excluding hydrogens is 263 g/mol. The number of nitrogens with zero attached hydrogens (tertiary/aromatic N) is 1. The fraction of sp³-hybridized carbons (Fsp3) is 0.667. The monoisotopic (exact) mass is 290 g/mol. The second-order valence-electron chi connectivity index (χ2n) is 7.05. The molecule has 1 aromatic carbocycles. The Kier molecular flexibility index (Phi) is 4.32. The van der Waals surface area contributed by atoms with E-state index in [2.05, 4.69) is 24.1 Å². The highest BCUT2D eigenvalue weighted by atomic mass is 19.1. The predicted octanol–water partition coefficient (Wildman–Crippen LogP) is 3.57. The van der Waals surface area contributed by atoms with E-state index in [1.807, 2.05) is 12.1 Å². The van der Waals surface area contributed by atoms with E-state index >= 15 is 0 Å². The number of nitrogens with one attached hydrogen (secondary N) is 1. The molecule has 0 amide bonds. The predicted molar refractivity (Wildman–Crippen MR) is 84.6 cm³/mol. The van der Waals surface area contributed by atoms with Crippen LogP contribution in [-0.2, 0) is 6.54 Å². The van der Waals surface area contributed by atoms with E-state index in [-0.39, 0.29) is 11.4 Å². The summed E-state index contributed by atoms with van der Waals surface area (Å²) in [6.45, 7) is 7.77. The molecule has 3 rings (SSSR count). The van der Waals surface area contributed by atoms with Gasteiger partial charge in [-0.15, -0.1) is 0 Å². The smallest absolute Gasteiger partial charge is 0.123 e. The molecule has 116 valence electrons. The third-order valence-electron chi connectivity index (χ3n) is 5.19. The first-order valence-corrected chi connectivity index (χ1v) is 8.34. The van der Waals surface area contributed by atoms with Gasteiger partial charge in [-0.1, -0.05) is 25.5 Å². The maximum atomic E-state index is 13.1. The normalized spacial score (nSPS) is 30.5. The van der Waals surface area contributed by atoms with Crippen LogP contribution in [0.4, 0.5) is 4.39 Å². The van der Waals surface area contributed by atoms with Crippen LogP contribution in [0.5, 0.6) is 0 Å². The second-order valence-corrected chi connectivity index (χ2v) is 7.05. The molecule has 3 heteroatoms. The minimum atomic E-state index is -0.146. The first kappa shape index (κ1) is 15.0. The molecule has 2 aliphatic rings. The van der Waals surface area contributed by atoms with Gasteiger partial charge in [0.15, 0.2) is 0 Å². The van der Waals surface area contributed by atoms with Gasteiger partial charge in [-0.25, -0.2) is 4.39 Å². The van der Waals surface area contributed by atoms with Gasteiger partial charge >= 0.3 is 0 Å². The summed E-state index contributed by atoms with van der Waals surface area (Å²) >= 11 is 0. The van der Waals surface area contributed by atoms with Crippen LogP contribution in [0.2, 0.25) is 0 Å². The molecule has 1 aliphatic carbocycles. The van der Waals surface area contributed by atoms with Gasteiger partial charge in [-0.05, 0) is 49.8 Å². The highest BCUT2D eigenvalue weighted by Crippen LogP contribution is 2.41. The minimum absolute atomic E-state index is 0.146. The van der Waals surface area contributed by atoms with Gasteiger partial charge in [0.2, 0.25) is 0 Å². The summed E-state index contributed by atoms with van der Waals surface area (Å²) in [6.07, 6.45) is 5.18. The fourth-order valence-electron chi connectivity index (χ4n) is 3.71. The van der Waals surface area contributed by atoms with Crippen LogP contribution in [0.15, 0.2) is 24.3 Å². The highest BCUT2D eigenvalue weighted by Gasteiger charge is 2.45. The fourth-order valence-corrected chi connectivity index (χ4v) is 3.71. The molecule has 0 radical (unpaired) electrons. The SMILES string of the molecule is CCCC1CNC(C)(C2CC2)CN1Cc1ccc(F)cc1. The second kappa shape index (κ2) is 6.05. The van der Waals surface area contributed by atoms with E-state index in [4.69, 9.17) is 0 Å². The third-order valence-corrected chi connectivity index (χ3v) is 5.19. The Labute approximate surface area is 127 Å². The summed E-state index contributed by atoms with van der Waals surface area (Å²) in [5.74, 6) is 0.697. The van der Waals surface area contributed by atoms with Crippen molar-refractivity contribution in [3.63, 3.8) is 0 Å². The zero-order valence-electron chi connectivity index (χ0n) is 13.2. The zero-order chi connectivity index (χ0) is 14.9. The maximum absolute atomic E-state index is 13.1. The Morgan fingerprint density at radius 2 is 2.00 bits per heavy atom. The number of hydrogen-bond donors (Lipinski definition) is 1. The first-order chi connectivity index (χ1) is 10.1. The molecule has 2 unspecified atom stereocenters. The number of benzene rings is 1. The summed E-state index contributed by atoms with van der Waals surface area (Å²) in [4.78, 5) is 2.62. The molecule has 1 aromatic rings. The van der Waals surface area contributed by atoms with Crippen LogP contribution in [0.25, 0.3) is 0 Å². The summed E-state index contributed by atoms with van der Waals surface area (Å²) in [5, 5.41) is 3.82. The molecule has 2 atom stereocenters. The van der Waals surface area contributed by atoms with Crippen LogP contribution in [0.1, 0.15) is 45.1 Å². The van der Waals surface area contributed by atoms with E-state index in [1.165, 1.54) is 31.2 Å².